The molecule has 2 atom stereocenters. The van der Waals surface area contributed by atoms with Gasteiger partial charge >= 0.3 is 0 Å². The lowest BCUT2D eigenvalue weighted by atomic mass is 9.81. The molecule has 48 heavy (non-hydrogen) atoms. The topological polar surface area (TPSA) is 165 Å². The van der Waals surface area contributed by atoms with Gasteiger partial charge in [-0.25, -0.2) is 9.97 Å². The number of anilines is 2. The normalized spacial score (nSPS) is 13.6. The molecule has 6 aromatic rings. The SMILES string of the molecule is CC(Cc1nc2ccccc2cc1O)Nc1ccc(NC(C)Cc2nc3ccccc3cc2O)c2c1C(=O)c1c(O)ccc(O)c1C2=O. The summed E-state index contributed by atoms with van der Waals surface area (Å²) in [6.07, 6.45) is 0.602. The molecule has 2 aromatic heterocycles. The van der Waals surface area contributed by atoms with Gasteiger partial charge in [-0.2, -0.15) is 0 Å². The van der Waals surface area contributed by atoms with Gasteiger partial charge in [0.2, 0.25) is 11.6 Å². The summed E-state index contributed by atoms with van der Waals surface area (Å²) in [4.78, 5) is 37.4. The van der Waals surface area contributed by atoms with Gasteiger partial charge in [0.25, 0.3) is 0 Å². The molecule has 0 fully saturated rings. The number of carbonyl (C=O) groups excluding carboxylic acids is 2. The Labute approximate surface area is 275 Å². The molecule has 1 aliphatic carbocycles. The number of nitrogens with zero attached hydrogens (tertiary/aromatic N) is 2. The summed E-state index contributed by atoms with van der Waals surface area (Å²) in [6.45, 7) is 3.73. The van der Waals surface area contributed by atoms with Crippen molar-refractivity contribution in [3.8, 4) is 23.0 Å². The number of rotatable bonds is 8. The van der Waals surface area contributed by atoms with E-state index in [2.05, 4.69) is 20.6 Å². The van der Waals surface area contributed by atoms with E-state index in [0.717, 1.165) is 21.8 Å². The van der Waals surface area contributed by atoms with Crippen LogP contribution in [0, 0.1) is 0 Å². The van der Waals surface area contributed by atoms with E-state index >= 15 is 0 Å². The maximum atomic E-state index is 14.1. The Morgan fingerprint density at radius 3 is 1.35 bits per heavy atom. The maximum absolute atomic E-state index is 14.1. The molecule has 0 spiro atoms. The van der Waals surface area contributed by atoms with Gasteiger partial charge in [0, 0.05) is 47.1 Å². The number of pyridine rings is 2. The second-order valence-corrected chi connectivity index (χ2v) is 12.2. The zero-order valence-corrected chi connectivity index (χ0v) is 26.2. The Morgan fingerprint density at radius 1 is 0.542 bits per heavy atom. The van der Waals surface area contributed by atoms with Crippen LogP contribution in [0.4, 0.5) is 11.4 Å². The van der Waals surface area contributed by atoms with Crippen molar-refractivity contribution in [2.24, 2.45) is 0 Å². The van der Waals surface area contributed by atoms with E-state index in [1.807, 2.05) is 62.4 Å². The van der Waals surface area contributed by atoms with Gasteiger partial charge < -0.3 is 31.1 Å². The van der Waals surface area contributed by atoms with Gasteiger partial charge in [0.05, 0.1) is 44.7 Å². The second-order valence-electron chi connectivity index (χ2n) is 12.2. The monoisotopic (exact) mass is 640 g/mol. The molecule has 4 aromatic carbocycles. The maximum Gasteiger partial charge on any atom is 0.200 e. The molecule has 0 saturated carbocycles. The molecule has 10 heteroatoms. The molecule has 0 aliphatic heterocycles. The van der Waals surface area contributed by atoms with Gasteiger partial charge in [0.15, 0.2) is 0 Å². The number of aromatic hydroxyl groups is 4. The predicted molar refractivity (Wildman–Crippen MR) is 183 cm³/mol. The largest absolute Gasteiger partial charge is 0.507 e. The number of hydrogen-bond acceptors (Lipinski definition) is 10. The molecule has 0 saturated heterocycles. The average molecular weight is 641 g/mol. The molecular weight excluding hydrogens is 608 g/mol. The highest BCUT2D eigenvalue weighted by Gasteiger charge is 2.38. The third kappa shape index (κ3) is 5.37. The fraction of sp³-hybridized carbons (Fsp3) is 0.158. The summed E-state index contributed by atoms with van der Waals surface area (Å²) in [5.74, 6) is -1.99. The number of carbonyl (C=O) groups is 2. The smallest absolute Gasteiger partial charge is 0.200 e. The van der Waals surface area contributed by atoms with Crippen LogP contribution in [0.5, 0.6) is 23.0 Å². The minimum atomic E-state index is -0.625. The van der Waals surface area contributed by atoms with E-state index in [1.165, 1.54) is 12.1 Å². The van der Waals surface area contributed by atoms with Crippen molar-refractivity contribution < 1.29 is 30.0 Å². The van der Waals surface area contributed by atoms with Gasteiger partial charge in [0.1, 0.15) is 23.0 Å². The van der Waals surface area contributed by atoms with Crippen LogP contribution in [-0.4, -0.2) is 54.0 Å². The number of fused-ring (bicyclic) bond motifs is 4. The highest BCUT2D eigenvalue weighted by atomic mass is 16.3. The fourth-order valence-electron chi connectivity index (χ4n) is 6.41. The van der Waals surface area contributed by atoms with Gasteiger partial charge in [-0.15, -0.1) is 0 Å². The summed E-state index contributed by atoms with van der Waals surface area (Å²) >= 11 is 0. The van der Waals surface area contributed by atoms with Gasteiger partial charge in [-0.05, 0) is 62.4 Å². The predicted octanol–water partition coefficient (Wildman–Crippen LogP) is 6.47. The Balaban J connectivity index is 1.24. The minimum absolute atomic E-state index is 0.0415. The van der Waals surface area contributed by atoms with E-state index in [0.29, 0.717) is 35.6 Å². The third-order valence-corrected chi connectivity index (χ3v) is 8.64. The number of aromatic nitrogens is 2. The quantitative estimate of drug-likeness (QED) is 0.101. The molecule has 2 unspecified atom stereocenters. The van der Waals surface area contributed by atoms with Crippen LogP contribution in [-0.2, 0) is 12.8 Å². The molecule has 0 radical (unpaired) electrons. The highest BCUT2D eigenvalue weighted by molar-refractivity contribution is 6.33. The Hall–Kier alpha value is -6.16. The molecule has 0 amide bonds. The number of para-hydroxylation sites is 2. The van der Waals surface area contributed by atoms with Crippen molar-refractivity contribution in [3.63, 3.8) is 0 Å². The number of phenolic OH excluding ortho intramolecular Hbond substituents is 2. The molecule has 10 nitrogen and oxygen atoms in total. The van der Waals surface area contributed by atoms with E-state index < -0.39 is 23.1 Å². The molecule has 240 valence electrons. The van der Waals surface area contributed by atoms with Crippen LogP contribution in [0.3, 0.4) is 0 Å². The summed E-state index contributed by atoms with van der Waals surface area (Å²) < 4.78 is 0. The first-order chi connectivity index (χ1) is 23.1. The zero-order valence-electron chi connectivity index (χ0n) is 26.2. The van der Waals surface area contributed by atoms with Crippen LogP contribution in [0.1, 0.15) is 57.1 Å². The van der Waals surface area contributed by atoms with Crippen LogP contribution in [0.15, 0.2) is 84.9 Å². The molecule has 6 N–H and O–H groups in total. The van der Waals surface area contributed by atoms with Gasteiger partial charge in [-0.3, -0.25) is 9.59 Å². The first-order valence-corrected chi connectivity index (χ1v) is 15.6. The van der Waals surface area contributed by atoms with Gasteiger partial charge in [-0.1, -0.05) is 36.4 Å². The minimum Gasteiger partial charge on any atom is -0.507 e. The number of phenols is 2. The summed E-state index contributed by atoms with van der Waals surface area (Å²) in [5, 5.41) is 51.0. The number of benzene rings is 4. The summed E-state index contributed by atoms with van der Waals surface area (Å²) in [7, 11) is 0. The number of nitrogens with one attached hydrogen (secondary N) is 2. The highest BCUT2D eigenvalue weighted by Crippen LogP contribution is 2.43. The van der Waals surface area contributed by atoms with Crippen LogP contribution < -0.4 is 10.6 Å². The molecule has 7 rings (SSSR count). The summed E-state index contributed by atoms with van der Waals surface area (Å²) in [6, 6.07) is 23.3. The lowest BCUT2D eigenvalue weighted by Crippen LogP contribution is -2.28. The Morgan fingerprint density at radius 2 is 0.938 bits per heavy atom. The Bertz CT molecular complexity index is 2130. The first kappa shape index (κ1) is 30.5. The third-order valence-electron chi connectivity index (χ3n) is 8.64. The average Bonchev–Trinajstić information content (AvgIpc) is 3.05. The zero-order chi connectivity index (χ0) is 33.7. The fourth-order valence-corrected chi connectivity index (χ4v) is 6.41. The van der Waals surface area contributed by atoms with Crippen molar-refractivity contribution in [2.75, 3.05) is 10.6 Å². The molecule has 0 bridgehead atoms. The van der Waals surface area contributed by atoms with Crippen molar-refractivity contribution in [2.45, 2.75) is 38.8 Å². The lowest BCUT2D eigenvalue weighted by Gasteiger charge is -2.27. The number of hydrogen-bond donors (Lipinski definition) is 6. The van der Waals surface area contributed by atoms with Crippen LogP contribution in [0.25, 0.3) is 21.8 Å². The van der Waals surface area contributed by atoms with E-state index in [-0.39, 0.29) is 45.8 Å². The number of ketones is 2. The van der Waals surface area contributed by atoms with E-state index in [4.69, 9.17) is 0 Å². The Kier molecular flexibility index (Phi) is 7.55. The second kappa shape index (κ2) is 11.9. The van der Waals surface area contributed by atoms with Crippen LogP contribution in [0.2, 0.25) is 0 Å². The molecular formula is C38H32N4O6. The standard InChI is InChI=1S/C38H32N4O6/c1-19(15-27-31(45)17-21-7-3-5-9-23(21)41-27)39-25-11-12-26(34-33(25)37(47)35-29(43)13-14-30(44)36(35)38(34)48)40-20(2)16-28-32(46)18-22-8-4-6-10-24(22)42-28/h3-14,17-20,39-40,43-46H,15-16H2,1-2H3. The van der Waals surface area contributed by atoms with Crippen molar-refractivity contribution in [3.05, 3.63) is 119 Å². The molecule has 2 heterocycles. The van der Waals surface area contributed by atoms with Crippen molar-refractivity contribution in [1.29, 1.82) is 0 Å². The van der Waals surface area contributed by atoms with Crippen LogP contribution >= 0.6 is 0 Å². The lowest BCUT2D eigenvalue weighted by molar-refractivity contribution is 0.0975. The first-order valence-electron chi connectivity index (χ1n) is 15.6. The van der Waals surface area contributed by atoms with E-state index in [9.17, 15) is 30.0 Å². The van der Waals surface area contributed by atoms with E-state index in [1.54, 1.807) is 24.3 Å². The summed E-state index contributed by atoms with van der Waals surface area (Å²) in [5.41, 5.74) is 2.64. The molecule has 1 aliphatic rings. The van der Waals surface area contributed by atoms with Crippen molar-refractivity contribution in [1.82, 2.24) is 9.97 Å². The van der Waals surface area contributed by atoms with Crippen molar-refractivity contribution >= 4 is 44.7 Å².